The molecule has 0 bridgehead atoms. The number of nitrogens with one attached hydrogen (secondary N) is 1. The number of anilines is 1. The van der Waals surface area contributed by atoms with Crippen molar-refractivity contribution in [2.24, 2.45) is 5.92 Å². The topological polar surface area (TPSA) is 45.2 Å². The Morgan fingerprint density at radius 2 is 2.33 bits per heavy atom. The first-order valence-electron chi connectivity index (χ1n) is 6.55. The second kappa shape index (κ2) is 5.38. The van der Waals surface area contributed by atoms with E-state index in [1.165, 1.54) is 6.42 Å². The van der Waals surface area contributed by atoms with Crippen molar-refractivity contribution in [1.29, 1.82) is 0 Å². The van der Waals surface area contributed by atoms with E-state index >= 15 is 0 Å². The minimum atomic E-state index is 0.0957. The Hall–Kier alpha value is -1.58. The lowest BCUT2D eigenvalue weighted by molar-refractivity contribution is 0.0683. The molecule has 1 aliphatic rings. The van der Waals surface area contributed by atoms with Crippen LogP contribution in [0.4, 0.5) is 5.69 Å². The zero-order valence-electron chi connectivity index (χ0n) is 11.4. The Labute approximate surface area is 108 Å². The maximum Gasteiger partial charge on any atom is 0.257 e. The van der Waals surface area contributed by atoms with E-state index in [2.05, 4.69) is 17.2 Å². The molecule has 0 saturated carbocycles. The number of rotatable bonds is 2. The number of piperidine rings is 1. The minimum absolute atomic E-state index is 0.0957. The molecule has 18 heavy (non-hydrogen) atoms. The molecule has 4 heteroatoms. The number of amides is 1. The molecular formula is C14H21N3O. The van der Waals surface area contributed by atoms with E-state index in [1.807, 2.05) is 24.9 Å². The Bertz CT molecular complexity index is 445. The zero-order chi connectivity index (χ0) is 13.1. The third kappa shape index (κ3) is 2.63. The number of pyridine rings is 1. The van der Waals surface area contributed by atoms with Crippen LogP contribution in [0.25, 0.3) is 0 Å². The summed E-state index contributed by atoms with van der Waals surface area (Å²) in [5.41, 5.74) is 2.46. The van der Waals surface area contributed by atoms with E-state index in [-0.39, 0.29) is 5.91 Å². The highest BCUT2D eigenvalue weighted by molar-refractivity contribution is 5.99. The fraction of sp³-hybridized carbons (Fsp3) is 0.571. The van der Waals surface area contributed by atoms with E-state index in [4.69, 9.17) is 0 Å². The predicted octanol–water partition coefficient (Wildman–Crippen LogP) is 2.30. The van der Waals surface area contributed by atoms with Crippen molar-refractivity contribution in [3.8, 4) is 0 Å². The maximum absolute atomic E-state index is 12.5. The van der Waals surface area contributed by atoms with Crippen molar-refractivity contribution in [2.75, 3.05) is 25.5 Å². The molecule has 0 spiro atoms. The average molecular weight is 247 g/mol. The normalized spacial score (nSPS) is 19.7. The summed E-state index contributed by atoms with van der Waals surface area (Å²) in [6.45, 7) is 5.85. The molecule has 1 N–H and O–H groups in total. The number of aromatic nitrogens is 1. The number of carbonyl (C=O) groups excluding carboxylic acids is 1. The summed E-state index contributed by atoms with van der Waals surface area (Å²) in [5.74, 6) is 0.692. The van der Waals surface area contributed by atoms with Crippen molar-refractivity contribution in [1.82, 2.24) is 9.88 Å². The van der Waals surface area contributed by atoms with E-state index in [9.17, 15) is 4.79 Å². The molecule has 1 amide bonds. The summed E-state index contributed by atoms with van der Waals surface area (Å²) in [5, 5.41) is 3.08. The summed E-state index contributed by atoms with van der Waals surface area (Å²) in [7, 11) is 1.84. The van der Waals surface area contributed by atoms with Crippen LogP contribution in [0.2, 0.25) is 0 Å². The molecule has 1 atom stereocenters. The number of likely N-dealkylation sites (tertiary alicyclic amines) is 1. The number of hydrogen-bond donors (Lipinski definition) is 1. The summed E-state index contributed by atoms with van der Waals surface area (Å²) in [6, 6.07) is 1.92. The van der Waals surface area contributed by atoms with Crippen molar-refractivity contribution in [2.45, 2.75) is 26.7 Å². The Balaban J connectivity index is 2.22. The smallest absolute Gasteiger partial charge is 0.257 e. The van der Waals surface area contributed by atoms with Crippen molar-refractivity contribution < 1.29 is 4.79 Å². The molecule has 2 heterocycles. The molecule has 0 radical (unpaired) electrons. The number of nitrogens with zero attached hydrogens (tertiary/aromatic N) is 2. The SMILES string of the molecule is CNc1cc(C)ncc1C(=O)N1CCCC(C)C1. The molecule has 1 fully saturated rings. The fourth-order valence-corrected chi connectivity index (χ4v) is 2.48. The van der Waals surface area contributed by atoms with Gasteiger partial charge in [0.1, 0.15) is 0 Å². The Morgan fingerprint density at radius 3 is 3.00 bits per heavy atom. The van der Waals surface area contributed by atoms with E-state index in [1.54, 1.807) is 6.20 Å². The van der Waals surface area contributed by atoms with Gasteiger partial charge in [0, 0.05) is 32.0 Å². The van der Waals surface area contributed by atoms with Crippen molar-refractivity contribution in [3.05, 3.63) is 23.5 Å². The molecule has 1 aromatic rings. The first-order valence-corrected chi connectivity index (χ1v) is 6.55. The van der Waals surface area contributed by atoms with Crippen LogP contribution in [0.5, 0.6) is 0 Å². The summed E-state index contributed by atoms with van der Waals surface area (Å²) in [6.07, 6.45) is 4.00. The van der Waals surface area contributed by atoms with E-state index < -0.39 is 0 Å². The molecule has 0 aromatic carbocycles. The van der Waals surface area contributed by atoms with Gasteiger partial charge in [0.25, 0.3) is 5.91 Å². The van der Waals surface area contributed by atoms with Gasteiger partial charge in [0.2, 0.25) is 0 Å². The van der Waals surface area contributed by atoms with Crippen molar-refractivity contribution >= 4 is 11.6 Å². The summed E-state index contributed by atoms with van der Waals surface area (Å²) in [4.78, 5) is 18.7. The highest BCUT2D eigenvalue weighted by Gasteiger charge is 2.23. The summed E-state index contributed by atoms with van der Waals surface area (Å²) < 4.78 is 0. The molecule has 1 unspecified atom stereocenters. The lowest BCUT2D eigenvalue weighted by Gasteiger charge is -2.31. The molecule has 2 rings (SSSR count). The van der Waals surface area contributed by atoms with Crippen LogP contribution in [0, 0.1) is 12.8 Å². The highest BCUT2D eigenvalue weighted by Crippen LogP contribution is 2.21. The first-order chi connectivity index (χ1) is 8.61. The van der Waals surface area contributed by atoms with Gasteiger partial charge in [-0.05, 0) is 31.7 Å². The van der Waals surface area contributed by atoms with Crippen LogP contribution in [0.1, 0.15) is 35.8 Å². The molecule has 4 nitrogen and oxygen atoms in total. The standard InChI is InChI=1S/C14H21N3O/c1-10-5-4-6-17(9-10)14(18)12-8-16-11(2)7-13(12)15-3/h7-8,10H,4-6,9H2,1-3H3,(H,15,16). The first kappa shape index (κ1) is 12.9. The molecule has 1 aromatic heterocycles. The maximum atomic E-state index is 12.5. The van der Waals surface area contributed by atoms with Gasteiger partial charge in [-0.15, -0.1) is 0 Å². The van der Waals surface area contributed by atoms with Crippen LogP contribution in [-0.2, 0) is 0 Å². The van der Waals surface area contributed by atoms with Crippen LogP contribution in [0.3, 0.4) is 0 Å². The van der Waals surface area contributed by atoms with Gasteiger partial charge in [-0.25, -0.2) is 0 Å². The van der Waals surface area contributed by atoms with Gasteiger partial charge >= 0.3 is 0 Å². The minimum Gasteiger partial charge on any atom is -0.387 e. The monoisotopic (exact) mass is 247 g/mol. The predicted molar refractivity (Wildman–Crippen MR) is 72.8 cm³/mol. The van der Waals surface area contributed by atoms with Crippen LogP contribution in [0.15, 0.2) is 12.3 Å². The highest BCUT2D eigenvalue weighted by atomic mass is 16.2. The number of carbonyl (C=O) groups is 1. The average Bonchev–Trinajstić information content (AvgIpc) is 2.37. The van der Waals surface area contributed by atoms with Crippen molar-refractivity contribution in [3.63, 3.8) is 0 Å². The fourth-order valence-electron chi connectivity index (χ4n) is 2.48. The van der Waals surface area contributed by atoms with Crippen LogP contribution < -0.4 is 5.32 Å². The number of aryl methyl sites for hydroxylation is 1. The second-order valence-corrected chi connectivity index (χ2v) is 5.12. The number of hydrogen-bond acceptors (Lipinski definition) is 3. The molecular weight excluding hydrogens is 226 g/mol. The third-order valence-corrected chi connectivity index (χ3v) is 3.48. The Kier molecular flexibility index (Phi) is 3.84. The Morgan fingerprint density at radius 1 is 1.56 bits per heavy atom. The van der Waals surface area contributed by atoms with Gasteiger partial charge < -0.3 is 10.2 Å². The lowest BCUT2D eigenvalue weighted by atomic mass is 9.99. The molecule has 0 aliphatic carbocycles. The van der Waals surface area contributed by atoms with E-state index in [0.29, 0.717) is 11.5 Å². The molecule has 98 valence electrons. The van der Waals surface area contributed by atoms with Gasteiger partial charge in [0.05, 0.1) is 11.3 Å². The van der Waals surface area contributed by atoms with Gasteiger partial charge in [-0.3, -0.25) is 9.78 Å². The van der Waals surface area contributed by atoms with Gasteiger partial charge in [-0.1, -0.05) is 6.92 Å². The van der Waals surface area contributed by atoms with Gasteiger partial charge in [-0.2, -0.15) is 0 Å². The summed E-state index contributed by atoms with van der Waals surface area (Å²) >= 11 is 0. The zero-order valence-corrected chi connectivity index (χ0v) is 11.4. The molecule has 1 aliphatic heterocycles. The van der Waals surface area contributed by atoms with Crippen LogP contribution in [-0.4, -0.2) is 35.9 Å². The largest absolute Gasteiger partial charge is 0.387 e. The quantitative estimate of drug-likeness (QED) is 0.872. The van der Waals surface area contributed by atoms with E-state index in [0.717, 1.165) is 30.9 Å². The van der Waals surface area contributed by atoms with Gasteiger partial charge in [0.15, 0.2) is 0 Å². The molecule has 1 saturated heterocycles. The lowest BCUT2D eigenvalue weighted by Crippen LogP contribution is -2.39. The third-order valence-electron chi connectivity index (χ3n) is 3.48. The van der Waals surface area contributed by atoms with Crippen LogP contribution >= 0.6 is 0 Å². The second-order valence-electron chi connectivity index (χ2n) is 5.12.